The summed E-state index contributed by atoms with van der Waals surface area (Å²) in [5, 5.41) is 0. The van der Waals surface area contributed by atoms with E-state index < -0.39 is 0 Å². The Kier molecular flexibility index (Phi) is 6.01. The van der Waals surface area contributed by atoms with Crippen molar-refractivity contribution < 1.29 is 14.3 Å². The van der Waals surface area contributed by atoms with Crippen molar-refractivity contribution in [3.8, 4) is 0 Å². The minimum Gasteiger partial charge on any atom is -0.464 e. The standard InChI is InChI=1S/C13H23NO3/c1-3-4-5-6-10-17-13(16)12-8-7-9-14(12)11(2)15/h12H,3-10H2,1-2H3. The van der Waals surface area contributed by atoms with Gasteiger partial charge in [-0.3, -0.25) is 4.79 Å². The maximum absolute atomic E-state index is 11.8. The molecular weight excluding hydrogens is 218 g/mol. The van der Waals surface area contributed by atoms with Gasteiger partial charge in [-0.25, -0.2) is 4.79 Å². The zero-order valence-electron chi connectivity index (χ0n) is 10.9. The summed E-state index contributed by atoms with van der Waals surface area (Å²) in [4.78, 5) is 24.7. The minimum absolute atomic E-state index is 0.0320. The minimum atomic E-state index is -0.335. The molecule has 1 aliphatic rings. The molecule has 17 heavy (non-hydrogen) atoms. The highest BCUT2D eigenvalue weighted by Crippen LogP contribution is 2.18. The van der Waals surface area contributed by atoms with Crippen molar-refractivity contribution in [3.05, 3.63) is 0 Å². The van der Waals surface area contributed by atoms with E-state index in [1.165, 1.54) is 19.8 Å². The fourth-order valence-corrected chi connectivity index (χ4v) is 2.19. The number of ether oxygens (including phenoxy) is 1. The summed E-state index contributed by atoms with van der Waals surface area (Å²) in [5.74, 6) is -0.260. The highest BCUT2D eigenvalue weighted by atomic mass is 16.5. The van der Waals surface area contributed by atoms with Crippen LogP contribution < -0.4 is 0 Å². The lowest BCUT2D eigenvalue weighted by Gasteiger charge is -2.21. The van der Waals surface area contributed by atoms with Crippen LogP contribution in [0.5, 0.6) is 0 Å². The lowest BCUT2D eigenvalue weighted by molar-refractivity contribution is -0.153. The van der Waals surface area contributed by atoms with E-state index in [-0.39, 0.29) is 17.9 Å². The molecule has 4 nitrogen and oxygen atoms in total. The zero-order valence-corrected chi connectivity index (χ0v) is 10.9. The summed E-state index contributed by atoms with van der Waals surface area (Å²) in [5.41, 5.74) is 0. The van der Waals surface area contributed by atoms with Crippen LogP contribution in [0.3, 0.4) is 0 Å². The predicted molar refractivity (Wildman–Crippen MR) is 65.5 cm³/mol. The Labute approximate surface area is 103 Å². The van der Waals surface area contributed by atoms with Crippen LogP contribution in [0.25, 0.3) is 0 Å². The van der Waals surface area contributed by atoms with E-state index in [0.29, 0.717) is 13.2 Å². The lowest BCUT2D eigenvalue weighted by Crippen LogP contribution is -2.40. The van der Waals surface area contributed by atoms with Crippen molar-refractivity contribution in [3.63, 3.8) is 0 Å². The van der Waals surface area contributed by atoms with Crippen molar-refractivity contribution >= 4 is 11.9 Å². The van der Waals surface area contributed by atoms with Gasteiger partial charge in [0.25, 0.3) is 0 Å². The molecule has 4 heteroatoms. The summed E-state index contributed by atoms with van der Waals surface area (Å²) < 4.78 is 5.22. The molecule has 0 radical (unpaired) electrons. The van der Waals surface area contributed by atoms with Gasteiger partial charge in [0.2, 0.25) is 5.91 Å². The maximum Gasteiger partial charge on any atom is 0.328 e. The van der Waals surface area contributed by atoms with Crippen LogP contribution in [0.4, 0.5) is 0 Å². The van der Waals surface area contributed by atoms with Crippen LogP contribution in [0.1, 0.15) is 52.4 Å². The first kappa shape index (κ1) is 14.0. The first-order valence-corrected chi connectivity index (χ1v) is 6.60. The fourth-order valence-electron chi connectivity index (χ4n) is 2.19. The monoisotopic (exact) mass is 241 g/mol. The fraction of sp³-hybridized carbons (Fsp3) is 0.846. The highest BCUT2D eigenvalue weighted by molar-refractivity contribution is 5.83. The lowest BCUT2D eigenvalue weighted by atomic mass is 10.2. The van der Waals surface area contributed by atoms with Crippen LogP contribution in [0.2, 0.25) is 0 Å². The molecule has 1 atom stereocenters. The Bertz CT molecular complexity index is 265. The van der Waals surface area contributed by atoms with Gasteiger partial charge in [0.1, 0.15) is 6.04 Å². The molecule has 0 spiro atoms. The predicted octanol–water partition coefficient (Wildman–Crippen LogP) is 2.12. The van der Waals surface area contributed by atoms with E-state index in [4.69, 9.17) is 4.74 Å². The number of unbranched alkanes of at least 4 members (excludes halogenated alkanes) is 3. The molecule has 1 heterocycles. The highest BCUT2D eigenvalue weighted by Gasteiger charge is 2.33. The van der Waals surface area contributed by atoms with Crippen LogP contribution in [0.15, 0.2) is 0 Å². The van der Waals surface area contributed by atoms with Crippen molar-refractivity contribution in [2.45, 2.75) is 58.4 Å². The summed E-state index contributed by atoms with van der Waals surface area (Å²) in [6.45, 7) is 4.83. The average molecular weight is 241 g/mol. The molecule has 0 bridgehead atoms. The van der Waals surface area contributed by atoms with E-state index in [9.17, 15) is 9.59 Å². The van der Waals surface area contributed by atoms with Crippen LogP contribution >= 0.6 is 0 Å². The van der Waals surface area contributed by atoms with E-state index >= 15 is 0 Å². The van der Waals surface area contributed by atoms with Gasteiger partial charge in [-0.15, -0.1) is 0 Å². The number of likely N-dealkylation sites (tertiary alicyclic amines) is 1. The van der Waals surface area contributed by atoms with E-state index in [0.717, 1.165) is 25.7 Å². The molecular formula is C13H23NO3. The zero-order chi connectivity index (χ0) is 12.7. The Morgan fingerprint density at radius 3 is 2.71 bits per heavy atom. The van der Waals surface area contributed by atoms with Gasteiger partial charge in [-0.1, -0.05) is 26.2 Å². The largest absolute Gasteiger partial charge is 0.464 e. The van der Waals surface area contributed by atoms with Gasteiger partial charge in [0.05, 0.1) is 6.61 Å². The molecule has 1 saturated heterocycles. The second kappa shape index (κ2) is 7.30. The van der Waals surface area contributed by atoms with Crippen LogP contribution in [-0.4, -0.2) is 36.0 Å². The molecule has 1 rings (SSSR count). The molecule has 1 aliphatic heterocycles. The molecule has 0 aromatic rings. The third-order valence-electron chi connectivity index (χ3n) is 3.17. The summed E-state index contributed by atoms with van der Waals surface area (Å²) >= 11 is 0. The normalized spacial score (nSPS) is 19.4. The number of rotatable bonds is 6. The quantitative estimate of drug-likeness (QED) is 0.528. The van der Waals surface area contributed by atoms with Crippen molar-refractivity contribution in [1.82, 2.24) is 4.90 Å². The second-order valence-corrected chi connectivity index (χ2v) is 4.60. The van der Waals surface area contributed by atoms with Crippen molar-refractivity contribution in [2.75, 3.05) is 13.2 Å². The SMILES string of the molecule is CCCCCCOC(=O)C1CCCN1C(C)=O. The van der Waals surface area contributed by atoms with Gasteiger partial charge >= 0.3 is 5.97 Å². The number of hydrogen-bond acceptors (Lipinski definition) is 3. The van der Waals surface area contributed by atoms with E-state index in [2.05, 4.69) is 6.92 Å². The number of amides is 1. The molecule has 1 amide bonds. The summed E-state index contributed by atoms with van der Waals surface area (Å²) in [6.07, 6.45) is 6.02. The Morgan fingerprint density at radius 1 is 1.29 bits per heavy atom. The molecule has 0 saturated carbocycles. The molecule has 0 aromatic heterocycles. The number of esters is 1. The van der Waals surface area contributed by atoms with Crippen LogP contribution in [0, 0.1) is 0 Å². The third kappa shape index (κ3) is 4.36. The topological polar surface area (TPSA) is 46.6 Å². The second-order valence-electron chi connectivity index (χ2n) is 4.60. The molecule has 1 unspecified atom stereocenters. The van der Waals surface area contributed by atoms with Gasteiger partial charge in [-0.05, 0) is 19.3 Å². The number of nitrogens with zero attached hydrogens (tertiary/aromatic N) is 1. The Balaban J connectivity index is 2.25. The first-order valence-electron chi connectivity index (χ1n) is 6.60. The van der Waals surface area contributed by atoms with E-state index in [1.807, 2.05) is 0 Å². The van der Waals surface area contributed by atoms with Crippen molar-refractivity contribution in [1.29, 1.82) is 0 Å². The maximum atomic E-state index is 11.8. The Morgan fingerprint density at radius 2 is 2.06 bits per heavy atom. The smallest absolute Gasteiger partial charge is 0.328 e. The third-order valence-corrected chi connectivity index (χ3v) is 3.17. The summed E-state index contributed by atoms with van der Waals surface area (Å²) in [7, 11) is 0. The summed E-state index contributed by atoms with van der Waals surface area (Å²) in [6, 6.07) is -0.335. The van der Waals surface area contributed by atoms with Crippen molar-refractivity contribution in [2.24, 2.45) is 0 Å². The van der Waals surface area contributed by atoms with Gasteiger partial charge in [0, 0.05) is 13.5 Å². The molecule has 0 aliphatic carbocycles. The molecule has 0 N–H and O–H groups in total. The van der Waals surface area contributed by atoms with Gasteiger partial charge in [-0.2, -0.15) is 0 Å². The first-order chi connectivity index (χ1) is 8.16. The van der Waals surface area contributed by atoms with Crippen LogP contribution in [-0.2, 0) is 14.3 Å². The van der Waals surface area contributed by atoms with E-state index in [1.54, 1.807) is 4.90 Å². The molecule has 98 valence electrons. The number of carbonyl (C=O) groups excluding carboxylic acids is 2. The van der Waals surface area contributed by atoms with Gasteiger partial charge < -0.3 is 9.64 Å². The number of carbonyl (C=O) groups is 2. The van der Waals surface area contributed by atoms with Gasteiger partial charge in [0.15, 0.2) is 0 Å². The Hall–Kier alpha value is -1.06. The molecule has 0 aromatic carbocycles. The molecule has 1 fully saturated rings. The average Bonchev–Trinajstić information content (AvgIpc) is 2.77. The number of hydrogen-bond donors (Lipinski definition) is 0.